The van der Waals surface area contributed by atoms with Crippen LogP contribution in [0.2, 0.25) is 0 Å². The number of nitrogens with zero attached hydrogens (tertiary/aromatic N) is 2. The molecule has 0 aliphatic carbocycles. The Kier molecular flexibility index (Phi) is 3.64. The molecule has 0 aromatic carbocycles. The lowest BCUT2D eigenvalue weighted by Crippen LogP contribution is -2.27. The van der Waals surface area contributed by atoms with Gasteiger partial charge in [-0.1, -0.05) is 0 Å². The standard InChI is InChI=1S/C14H19N3O2/c18-14(12-4-3-9-19-12)16-13-6-5-11(10-15-13)17-7-1-2-8-17/h5-6,10,12H,1-4,7-9H2,(H,15,16,18)/t12-/m0/s1. The van der Waals surface area contributed by atoms with Gasteiger partial charge in [0.15, 0.2) is 0 Å². The van der Waals surface area contributed by atoms with E-state index in [1.807, 2.05) is 18.3 Å². The fourth-order valence-corrected chi connectivity index (χ4v) is 2.61. The number of hydrogen-bond acceptors (Lipinski definition) is 4. The molecular weight excluding hydrogens is 242 g/mol. The Morgan fingerprint density at radius 1 is 1.32 bits per heavy atom. The highest BCUT2D eigenvalue weighted by atomic mass is 16.5. The molecule has 19 heavy (non-hydrogen) atoms. The van der Waals surface area contributed by atoms with Crippen LogP contribution in [0.25, 0.3) is 0 Å². The van der Waals surface area contributed by atoms with Crippen LogP contribution in [-0.2, 0) is 9.53 Å². The quantitative estimate of drug-likeness (QED) is 0.901. The molecule has 5 heteroatoms. The van der Waals surface area contributed by atoms with Gasteiger partial charge in [0, 0.05) is 19.7 Å². The minimum atomic E-state index is -0.306. The molecule has 1 aromatic heterocycles. The van der Waals surface area contributed by atoms with E-state index in [0.717, 1.165) is 31.6 Å². The van der Waals surface area contributed by atoms with Crippen molar-refractivity contribution >= 4 is 17.4 Å². The summed E-state index contributed by atoms with van der Waals surface area (Å²) in [6, 6.07) is 3.88. The maximum absolute atomic E-state index is 11.9. The summed E-state index contributed by atoms with van der Waals surface area (Å²) in [5, 5.41) is 2.81. The molecule has 0 spiro atoms. The average molecular weight is 261 g/mol. The van der Waals surface area contributed by atoms with Crippen LogP contribution in [0.15, 0.2) is 18.3 Å². The first-order valence-corrected chi connectivity index (χ1v) is 6.96. The molecule has 3 rings (SSSR count). The van der Waals surface area contributed by atoms with Crippen LogP contribution >= 0.6 is 0 Å². The predicted molar refractivity (Wildman–Crippen MR) is 73.3 cm³/mol. The molecule has 0 unspecified atom stereocenters. The number of carbonyl (C=O) groups excluding carboxylic acids is 1. The van der Waals surface area contributed by atoms with Crippen LogP contribution in [0.1, 0.15) is 25.7 Å². The topological polar surface area (TPSA) is 54.5 Å². The fraction of sp³-hybridized carbons (Fsp3) is 0.571. The van der Waals surface area contributed by atoms with E-state index in [1.165, 1.54) is 12.8 Å². The summed E-state index contributed by atoms with van der Waals surface area (Å²) in [6.45, 7) is 2.88. The summed E-state index contributed by atoms with van der Waals surface area (Å²) < 4.78 is 5.34. The van der Waals surface area contributed by atoms with Gasteiger partial charge in [0.05, 0.1) is 11.9 Å². The van der Waals surface area contributed by atoms with Crippen molar-refractivity contribution in [3.05, 3.63) is 18.3 Å². The largest absolute Gasteiger partial charge is 0.370 e. The van der Waals surface area contributed by atoms with Gasteiger partial charge in [-0.15, -0.1) is 0 Å². The van der Waals surface area contributed by atoms with Crippen molar-refractivity contribution in [1.29, 1.82) is 0 Å². The van der Waals surface area contributed by atoms with E-state index >= 15 is 0 Å². The van der Waals surface area contributed by atoms with E-state index in [1.54, 1.807) is 0 Å². The van der Waals surface area contributed by atoms with Crippen LogP contribution in [-0.4, -0.2) is 36.7 Å². The molecular formula is C14H19N3O2. The van der Waals surface area contributed by atoms with Crippen molar-refractivity contribution in [3.63, 3.8) is 0 Å². The Balaban J connectivity index is 1.60. The van der Waals surface area contributed by atoms with E-state index in [4.69, 9.17) is 4.74 Å². The third-order valence-electron chi connectivity index (χ3n) is 3.69. The molecule has 102 valence electrons. The molecule has 1 N–H and O–H groups in total. The van der Waals surface area contributed by atoms with Crippen molar-refractivity contribution in [2.45, 2.75) is 31.8 Å². The van der Waals surface area contributed by atoms with E-state index in [-0.39, 0.29) is 12.0 Å². The van der Waals surface area contributed by atoms with Gasteiger partial charge in [-0.05, 0) is 37.8 Å². The Hall–Kier alpha value is -1.62. The van der Waals surface area contributed by atoms with Gasteiger partial charge >= 0.3 is 0 Å². The molecule has 2 aliphatic heterocycles. The summed E-state index contributed by atoms with van der Waals surface area (Å²) in [5.74, 6) is 0.516. The number of aromatic nitrogens is 1. The average Bonchev–Trinajstić information content (AvgIpc) is 3.13. The number of rotatable bonds is 3. The molecule has 2 aliphatic rings. The molecule has 1 aromatic rings. The first-order chi connectivity index (χ1) is 9.33. The van der Waals surface area contributed by atoms with Gasteiger partial charge in [0.2, 0.25) is 0 Å². The number of amides is 1. The smallest absolute Gasteiger partial charge is 0.254 e. The van der Waals surface area contributed by atoms with Crippen LogP contribution in [0.5, 0.6) is 0 Å². The Labute approximate surface area is 113 Å². The molecule has 2 fully saturated rings. The van der Waals surface area contributed by atoms with Crippen molar-refractivity contribution in [2.24, 2.45) is 0 Å². The van der Waals surface area contributed by atoms with E-state index in [2.05, 4.69) is 15.2 Å². The second-order valence-corrected chi connectivity index (χ2v) is 5.09. The van der Waals surface area contributed by atoms with Crippen LogP contribution < -0.4 is 10.2 Å². The number of pyridine rings is 1. The normalized spacial score (nSPS) is 22.7. The number of anilines is 2. The lowest BCUT2D eigenvalue weighted by Gasteiger charge is -2.17. The number of carbonyl (C=O) groups is 1. The maximum Gasteiger partial charge on any atom is 0.254 e. The lowest BCUT2D eigenvalue weighted by molar-refractivity contribution is -0.124. The zero-order chi connectivity index (χ0) is 13.1. The minimum absolute atomic E-state index is 0.0843. The molecule has 3 heterocycles. The molecule has 2 saturated heterocycles. The van der Waals surface area contributed by atoms with Crippen molar-refractivity contribution in [1.82, 2.24) is 4.98 Å². The van der Waals surface area contributed by atoms with Crippen molar-refractivity contribution in [3.8, 4) is 0 Å². The second kappa shape index (κ2) is 5.57. The van der Waals surface area contributed by atoms with E-state index in [9.17, 15) is 4.79 Å². The van der Waals surface area contributed by atoms with Crippen molar-refractivity contribution < 1.29 is 9.53 Å². The Morgan fingerprint density at radius 2 is 2.16 bits per heavy atom. The summed E-state index contributed by atoms with van der Waals surface area (Å²) in [7, 11) is 0. The Bertz CT molecular complexity index is 435. The zero-order valence-corrected chi connectivity index (χ0v) is 11.0. The molecule has 5 nitrogen and oxygen atoms in total. The molecule has 1 amide bonds. The first-order valence-electron chi connectivity index (χ1n) is 6.96. The summed E-state index contributed by atoms with van der Waals surface area (Å²) >= 11 is 0. The molecule has 0 saturated carbocycles. The second-order valence-electron chi connectivity index (χ2n) is 5.09. The van der Waals surface area contributed by atoms with Crippen LogP contribution in [0, 0.1) is 0 Å². The monoisotopic (exact) mass is 261 g/mol. The van der Waals surface area contributed by atoms with E-state index in [0.29, 0.717) is 12.4 Å². The molecule has 1 atom stereocenters. The summed E-state index contributed by atoms with van der Waals surface area (Å²) in [5.41, 5.74) is 1.13. The van der Waals surface area contributed by atoms with Gasteiger partial charge in [0.1, 0.15) is 11.9 Å². The minimum Gasteiger partial charge on any atom is -0.370 e. The number of ether oxygens (including phenoxy) is 1. The third kappa shape index (κ3) is 2.87. The first kappa shape index (κ1) is 12.4. The maximum atomic E-state index is 11.9. The number of nitrogens with one attached hydrogen (secondary N) is 1. The molecule has 0 bridgehead atoms. The van der Waals surface area contributed by atoms with Gasteiger partial charge in [-0.25, -0.2) is 4.98 Å². The van der Waals surface area contributed by atoms with Gasteiger partial charge in [-0.3, -0.25) is 4.79 Å². The third-order valence-corrected chi connectivity index (χ3v) is 3.69. The van der Waals surface area contributed by atoms with Crippen molar-refractivity contribution in [2.75, 3.05) is 29.9 Å². The fourth-order valence-electron chi connectivity index (χ4n) is 2.61. The Morgan fingerprint density at radius 3 is 2.79 bits per heavy atom. The number of hydrogen-bond donors (Lipinski definition) is 1. The SMILES string of the molecule is O=C(Nc1ccc(N2CCCC2)cn1)[C@@H]1CCCO1. The molecule has 0 radical (unpaired) electrons. The highest BCUT2D eigenvalue weighted by Gasteiger charge is 2.23. The zero-order valence-electron chi connectivity index (χ0n) is 11.0. The van der Waals surface area contributed by atoms with E-state index < -0.39 is 0 Å². The summed E-state index contributed by atoms with van der Waals surface area (Å²) in [4.78, 5) is 18.5. The predicted octanol–water partition coefficient (Wildman–Crippen LogP) is 1.80. The highest BCUT2D eigenvalue weighted by Crippen LogP contribution is 2.20. The van der Waals surface area contributed by atoms with Gasteiger partial charge < -0.3 is 15.0 Å². The lowest BCUT2D eigenvalue weighted by atomic mass is 10.2. The summed E-state index contributed by atoms with van der Waals surface area (Å²) in [6.07, 6.45) is 5.78. The van der Waals surface area contributed by atoms with Crippen LogP contribution in [0.3, 0.4) is 0 Å². The van der Waals surface area contributed by atoms with Gasteiger partial charge in [-0.2, -0.15) is 0 Å². The highest BCUT2D eigenvalue weighted by molar-refractivity contribution is 5.93. The van der Waals surface area contributed by atoms with Crippen LogP contribution in [0.4, 0.5) is 11.5 Å². The van der Waals surface area contributed by atoms with Gasteiger partial charge in [0.25, 0.3) is 5.91 Å².